The standard InChI is InChI=1S/C17H26N2O/c1-17(2,3)15(18)12-16(20)19-11-7-6-9-13-8-4-5-10-14(13)19/h4-5,8,10,15H,6-7,9,11-12,18H2,1-3H3. The molecular weight excluding hydrogens is 248 g/mol. The van der Waals surface area contributed by atoms with E-state index in [-0.39, 0.29) is 17.4 Å². The summed E-state index contributed by atoms with van der Waals surface area (Å²) in [6, 6.07) is 8.14. The van der Waals surface area contributed by atoms with Crippen molar-refractivity contribution in [3.8, 4) is 0 Å². The van der Waals surface area contributed by atoms with Crippen LogP contribution >= 0.6 is 0 Å². The zero-order valence-corrected chi connectivity index (χ0v) is 12.9. The van der Waals surface area contributed by atoms with Crippen LogP contribution in [0.15, 0.2) is 24.3 Å². The van der Waals surface area contributed by atoms with Crippen molar-refractivity contribution in [2.24, 2.45) is 11.1 Å². The van der Waals surface area contributed by atoms with Gasteiger partial charge in [-0.15, -0.1) is 0 Å². The molecule has 0 saturated heterocycles. The molecule has 1 amide bonds. The Morgan fingerprint density at radius 3 is 2.70 bits per heavy atom. The van der Waals surface area contributed by atoms with Crippen LogP contribution in [-0.2, 0) is 11.2 Å². The zero-order valence-electron chi connectivity index (χ0n) is 12.9. The number of benzene rings is 1. The Hall–Kier alpha value is -1.35. The molecule has 3 heteroatoms. The highest BCUT2D eigenvalue weighted by atomic mass is 16.2. The van der Waals surface area contributed by atoms with Gasteiger partial charge in [0, 0.05) is 24.7 Å². The van der Waals surface area contributed by atoms with E-state index in [1.165, 1.54) is 5.56 Å². The summed E-state index contributed by atoms with van der Waals surface area (Å²) >= 11 is 0. The third-order valence-electron chi connectivity index (χ3n) is 4.17. The van der Waals surface area contributed by atoms with Gasteiger partial charge in [-0.1, -0.05) is 39.0 Å². The van der Waals surface area contributed by atoms with Crippen LogP contribution in [0.4, 0.5) is 5.69 Å². The lowest BCUT2D eigenvalue weighted by Crippen LogP contribution is -2.42. The van der Waals surface area contributed by atoms with Crippen LogP contribution in [0.3, 0.4) is 0 Å². The molecule has 1 aliphatic heterocycles. The fraction of sp³-hybridized carbons (Fsp3) is 0.588. The molecule has 0 aliphatic carbocycles. The molecule has 1 aliphatic rings. The summed E-state index contributed by atoms with van der Waals surface area (Å²) in [5, 5.41) is 0. The molecule has 0 spiro atoms. The van der Waals surface area contributed by atoms with Gasteiger partial charge < -0.3 is 10.6 Å². The molecular formula is C17H26N2O. The lowest BCUT2D eigenvalue weighted by atomic mass is 9.85. The van der Waals surface area contributed by atoms with Crippen molar-refractivity contribution in [1.29, 1.82) is 0 Å². The van der Waals surface area contributed by atoms with Gasteiger partial charge in [0.15, 0.2) is 0 Å². The molecule has 1 aromatic carbocycles. The predicted octanol–water partition coefficient (Wildman–Crippen LogP) is 3.12. The van der Waals surface area contributed by atoms with Crippen LogP contribution in [0.2, 0.25) is 0 Å². The average molecular weight is 274 g/mol. The minimum absolute atomic E-state index is 0.0406. The number of carbonyl (C=O) groups excluding carboxylic acids is 1. The van der Waals surface area contributed by atoms with Gasteiger partial charge in [-0.3, -0.25) is 4.79 Å². The first kappa shape index (κ1) is 15.0. The van der Waals surface area contributed by atoms with Gasteiger partial charge in [0.2, 0.25) is 5.91 Å². The van der Waals surface area contributed by atoms with E-state index in [9.17, 15) is 4.79 Å². The summed E-state index contributed by atoms with van der Waals surface area (Å²) in [6.07, 6.45) is 3.68. The van der Waals surface area contributed by atoms with Gasteiger partial charge in [0.25, 0.3) is 0 Å². The summed E-state index contributed by atoms with van der Waals surface area (Å²) in [5.74, 6) is 0.154. The van der Waals surface area contributed by atoms with E-state index < -0.39 is 0 Å². The second-order valence-electron chi connectivity index (χ2n) is 6.81. The number of rotatable bonds is 2. The van der Waals surface area contributed by atoms with E-state index >= 15 is 0 Å². The minimum atomic E-state index is -0.106. The summed E-state index contributed by atoms with van der Waals surface area (Å²) in [6.45, 7) is 7.07. The third kappa shape index (κ3) is 3.40. The van der Waals surface area contributed by atoms with E-state index in [0.29, 0.717) is 6.42 Å². The normalized spacial score (nSPS) is 17.3. The summed E-state index contributed by atoms with van der Waals surface area (Å²) < 4.78 is 0. The van der Waals surface area contributed by atoms with Crippen molar-refractivity contribution in [3.05, 3.63) is 29.8 Å². The Morgan fingerprint density at radius 2 is 2.00 bits per heavy atom. The average Bonchev–Trinajstić information content (AvgIpc) is 2.59. The number of anilines is 1. The van der Waals surface area contributed by atoms with Crippen molar-refractivity contribution >= 4 is 11.6 Å². The van der Waals surface area contributed by atoms with Crippen LogP contribution in [0.25, 0.3) is 0 Å². The van der Waals surface area contributed by atoms with E-state index in [1.54, 1.807) is 0 Å². The molecule has 2 N–H and O–H groups in total. The molecule has 2 rings (SSSR count). The lowest BCUT2D eigenvalue weighted by molar-refractivity contribution is -0.119. The number of nitrogens with zero attached hydrogens (tertiary/aromatic N) is 1. The van der Waals surface area contributed by atoms with Crippen molar-refractivity contribution in [1.82, 2.24) is 0 Å². The first-order chi connectivity index (χ1) is 9.39. The van der Waals surface area contributed by atoms with Crippen molar-refractivity contribution in [3.63, 3.8) is 0 Å². The first-order valence-electron chi connectivity index (χ1n) is 7.53. The minimum Gasteiger partial charge on any atom is -0.327 e. The highest BCUT2D eigenvalue weighted by molar-refractivity contribution is 5.94. The Labute approximate surface area is 122 Å². The molecule has 3 nitrogen and oxygen atoms in total. The quantitative estimate of drug-likeness (QED) is 0.900. The smallest absolute Gasteiger partial charge is 0.228 e. The fourth-order valence-electron chi connectivity index (χ4n) is 2.55. The monoisotopic (exact) mass is 274 g/mol. The number of hydrogen-bond acceptors (Lipinski definition) is 2. The first-order valence-corrected chi connectivity index (χ1v) is 7.53. The molecule has 0 saturated carbocycles. The molecule has 1 aromatic rings. The third-order valence-corrected chi connectivity index (χ3v) is 4.17. The molecule has 1 heterocycles. The summed E-state index contributed by atoms with van der Waals surface area (Å²) in [5.41, 5.74) is 8.49. The number of hydrogen-bond donors (Lipinski definition) is 1. The second kappa shape index (κ2) is 5.96. The maximum absolute atomic E-state index is 12.6. The number of amides is 1. The van der Waals surface area contributed by atoms with Crippen LogP contribution in [0.1, 0.15) is 45.6 Å². The summed E-state index contributed by atoms with van der Waals surface area (Å²) in [4.78, 5) is 14.6. The Bertz CT molecular complexity index is 476. The van der Waals surface area contributed by atoms with Crippen LogP contribution in [-0.4, -0.2) is 18.5 Å². The van der Waals surface area contributed by atoms with E-state index in [1.807, 2.05) is 17.0 Å². The molecule has 0 fully saturated rings. The van der Waals surface area contributed by atoms with Crippen LogP contribution < -0.4 is 10.6 Å². The Morgan fingerprint density at radius 1 is 1.30 bits per heavy atom. The van der Waals surface area contributed by atoms with E-state index in [4.69, 9.17) is 5.73 Å². The van der Waals surface area contributed by atoms with Gasteiger partial charge in [0.1, 0.15) is 0 Å². The van der Waals surface area contributed by atoms with Crippen molar-refractivity contribution in [2.75, 3.05) is 11.4 Å². The van der Waals surface area contributed by atoms with Crippen LogP contribution in [0.5, 0.6) is 0 Å². The molecule has 110 valence electrons. The number of aryl methyl sites for hydroxylation is 1. The number of para-hydroxylation sites is 1. The van der Waals surface area contributed by atoms with E-state index in [2.05, 4.69) is 32.9 Å². The number of carbonyl (C=O) groups is 1. The molecule has 1 unspecified atom stereocenters. The molecule has 0 radical (unpaired) electrons. The maximum Gasteiger partial charge on any atom is 0.228 e. The Balaban J connectivity index is 2.18. The predicted molar refractivity (Wildman–Crippen MR) is 83.8 cm³/mol. The van der Waals surface area contributed by atoms with Gasteiger partial charge in [0.05, 0.1) is 0 Å². The highest BCUT2D eigenvalue weighted by Gasteiger charge is 2.27. The van der Waals surface area contributed by atoms with Gasteiger partial charge in [-0.05, 0) is 36.3 Å². The lowest BCUT2D eigenvalue weighted by Gasteiger charge is -2.30. The van der Waals surface area contributed by atoms with Gasteiger partial charge in [-0.25, -0.2) is 0 Å². The second-order valence-corrected chi connectivity index (χ2v) is 6.81. The SMILES string of the molecule is CC(C)(C)C(N)CC(=O)N1CCCCc2ccccc21. The Kier molecular flexibility index (Phi) is 4.48. The largest absolute Gasteiger partial charge is 0.327 e. The fourth-order valence-corrected chi connectivity index (χ4v) is 2.55. The molecule has 0 aromatic heterocycles. The summed E-state index contributed by atoms with van der Waals surface area (Å²) in [7, 11) is 0. The molecule has 0 bridgehead atoms. The number of fused-ring (bicyclic) bond motifs is 1. The van der Waals surface area contributed by atoms with Gasteiger partial charge in [-0.2, -0.15) is 0 Å². The zero-order chi connectivity index (χ0) is 14.8. The number of nitrogens with two attached hydrogens (primary N) is 1. The molecule has 1 atom stereocenters. The highest BCUT2D eigenvalue weighted by Crippen LogP contribution is 2.28. The van der Waals surface area contributed by atoms with Crippen LogP contribution in [0, 0.1) is 5.41 Å². The van der Waals surface area contributed by atoms with Crippen molar-refractivity contribution in [2.45, 2.75) is 52.5 Å². The van der Waals surface area contributed by atoms with Gasteiger partial charge >= 0.3 is 0 Å². The molecule has 20 heavy (non-hydrogen) atoms. The topological polar surface area (TPSA) is 46.3 Å². The van der Waals surface area contributed by atoms with E-state index in [0.717, 1.165) is 31.5 Å². The maximum atomic E-state index is 12.6. The van der Waals surface area contributed by atoms with Crippen molar-refractivity contribution < 1.29 is 4.79 Å².